The van der Waals surface area contributed by atoms with Crippen LogP contribution in [0, 0.1) is 5.92 Å². The Hall–Kier alpha value is -0.850. The Morgan fingerprint density at radius 2 is 2.31 bits per heavy atom. The van der Waals surface area contributed by atoms with E-state index in [0.717, 1.165) is 13.2 Å². The summed E-state index contributed by atoms with van der Waals surface area (Å²) in [6, 6.07) is 0.406. The van der Waals surface area contributed by atoms with Crippen LogP contribution in [-0.4, -0.2) is 62.2 Å². The van der Waals surface area contributed by atoms with Gasteiger partial charge in [0, 0.05) is 18.5 Å². The number of ether oxygens (including phenoxy) is 2. The SMILES string of the molecule is CCOC(=O)ON1CC2COCN(C)C2C1. The van der Waals surface area contributed by atoms with Gasteiger partial charge in [-0.15, -0.1) is 5.06 Å². The van der Waals surface area contributed by atoms with Crippen molar-refractivity contribution < 1.29 is 19.1 Å². The summed E-state index contributed by atoms with van der Waals surface area (Å²) in [5.41, 5.74) is 0. The highest BCUT2D eigenvalue weighted by Crippen LogP contribution is 2.25. The maximum Gasteiger partial charge on any atom is 0.527 e. The van der Waals surface area contributed by atoms with E-state index in [-0.39, 0.29) is 0 Å². The summed E-state index contributed by atoms with van der Waals surface area (Å²) in [5, 5.41) is 1.67. The van der Waals surface area contributed by atoms with Crippen molar-refractivity contribution >= 4 is 6.16 Å². The highest BCUT2D eigenvalue weighted by Gasteiger charge is 2.40. The van der Waals surface area contributed by atoms with Crippen LogP contribution in [0.5, 0.6) is 0 Å². The Morgan fingerprint density at radius 3 is 3.00 bits per heavy atom. The predicted octanol–water partition coefficient (Wildman–Crippen LogP) is 0.294. The average Bonchev–Trinajstić information content (AvgIpc) is 2.62. The van der Waals surface area contributed by atoms with Gasteiger partial charge in [0.15, 0.2) is 0 Å². The van der Waals surface area contributed by atoms with Crippen LogP contribution in [0.3, 0.4) is 0 Å². The Bertz CT molecular complexity index is 261. The predicted molar refractivity (Wildman–Crippen MR) is 55.5 cm³/mol. The number of fused-ring (bicyclic) bond motifs is 1. The fraction of sp³-hybridized carbons (Fsp3) is 0.900. The van der Waals surface area contributed by atoms with Gasteiger partial charge < -0.3 is 14.3 Å². The molecule has 2 aliphatic rings. The molecule has 6 nitrogen and oxygen atoms in total. The minimum Gasteiger partial charge on any atom is -0.433 e. The minimum atomic E-state index is -0.621. The van der Waals surface area contributed by atoms with E-state index in [1.165, 1.54) is 0 Å². The number of nitrogens with zero attached hydrogens (tertiary/aromatic N) is 2. The van der Waals surface area contributed by atoms with Crippen molar-refractivity contribution in [2.24, 2.45) is 5.92 Å². The van der Waals surface area contributed by atoms with Crippen LogP contribution in [0.1, 0.15) is 6.92 Å². The molecule has 0 saturated carbocycles. The van der Waals surface area contributed by atoms with Gasteiger partial charge in [0.1, 0.15) is 0 Å². The standard InChI is InChI=1S/C10H18N2O4/c1-3-15-10(13)16-12-4-8-6-14-7-11(2)9(8)5-12/h8-9H,3-7H2,1-2H3. The van der Waals surface area contributed by atoms with E-state index in [0.29, 0.717) is 31.8 Å². The normalized spacial score (nSPS) is 31.1. The minimum absolute atomic E-state index is 0.336. The number of carbonyl (C=O) groups excluding carboxylic acids is 1. The molecule has 0 spiro atoms. The van der Waals surface area contributed by atoms with Gasteiger partial charge in [-0.25, -0.2) is 4.79 Å². The summed E-state index contributed by atoms with van der Waals surface area (Å²) in [4.78, 5) is 18.4. The average molecular weight is 230 g/mol. The second kappa shape index (κ2) is 4.99. The fourth-order valence-corrected chi connectivity index (χ4v) is 2.25. The van der Waals surface area contributed by atoms with Crippen molar-refractivity contribution in [3.05, 3.63) is 0 Å². The van der Waals surface area contributed by atoms with E-state index < -0.39 is 6.16 Å². The molecule has 16 heavy (non-hydrogen) atoms. The van der Waals surface area contributed by atoms with Gasteiger partial charge in [0.25, 0.3) is 0 Å². The van der Waals surface area contributed by atoms with Crippen LogP contribution in [0.15, 0.2) is 0 Å². The van der Waals surface area contributed by atoms with Crippen molar-refractivity contribution in [3.8, 4) is 0 Å². The highest BCUT2D eigenvalue weighted by atomic mass is 16.8. The van der Waals surface area contributed by atoms with E-state index in [1.807, 2.05) is 7.05 Å². The second-order valence-electron chi connectivity index (χ2n) is 4.21. The fourth-order valence-electron chi connectivity index (χ4n) is 2.25. The molecule has 2 saturated heterocycles. The number of hydroxylamine groups is 2. The molecule has 2 unspecified atom stereocenters. The summed E-state index contributed by atoms with van der Waals surface area (Å²) in [6.07, 6.45) is -0.621. The zero-order valence-electron chi connectivity index (χ0n) is 9.72. The summed E-state index contributed by atoms with van der Waals surface area (Å²) >= 11 is 0. The number of hydrogen-bond donors (Lipinski definition) is 0. The lowest BCUT2D eigenvalue weighted by Gasteiger charge is -2.33. The molecule has 2 fully saturated rings. The van der Waals surface area contributed by atoms with Gasteiger partial charge in [-0.1, -0.05) is 0 Å². The van der Waals surface area contributed by atoms with Crippen LogP contribution < -0.4 is 0 Å². The molecule has 0 aliphatic carbocycles. The van der Waals surface area contributed by atoms with Gasteiger partial charge in [-0.3, -0.25) is 4.90 Å². The van der Waals surface area contributed by atoms with E-state index in [9.17, 15) is 4.79 Å². The monoisotopic (exact) mass is 230 g/mol. The molecule has 0 amide bonds. The van der Waals surface area contributed by atoms with Crippen LogP contribution in [0.4, 0.5) is 4.79 Å². The number of carbonyl (C=O) groups is 1. The molecule has 0 N–H and O–H groups in total. The Morgan fingerprint density at radius 1 is 1.50 bits per heavy atom. The van der Waals surface area contributed by atoms with Crippen LogP contribution in [0.25, 0.3) is 0 Å². The molecule has 6 heteroatoms. The van der Waals surface area contributed by atoms with E-state index in [1.54, 1.807) is 12.0 Å². The van der Waals surface area contributed by atoms with Gasteiger partial charge in [-0.05, 0) is 14.0 Å². The summed E-state index contributed by atoms with van der Waals surface area (Å²) < 4.78 is 10.2. The molecule has 0 aromatic rings. The Kier molecular flexibility index (Phi) is 3.63. The molecule has 0 aromatic carbocycles. The Labute approximate surface area is 95.0 Å². The van der Waals surface area contributed by atoms with Gasteiger partial charge in [0.05, 0.1) is 26.5 Å². The molecule has 2 atom stereocenters. The van der Waals surface area contributed by atoms with Gasteiger partial charge in [0.2, 0.25) is 0 Å². The van der Waals surface area contributed by atoms with E-state index in [4.69, 9.17) is 14.3 Å². The third-order valence-electron chi connectivity index (χ3n) is 3.03. The zero-order chi connectivity index (χ0) is 11.5. The summed E-state index contributed by atoms with van der Waals surface area (Å²) in [7, 11) is 2.02. The molecular weight excluding hydrogens is 212 g/mol. The zero-order valence-corrected chi connectivity index (χ0v) is 9.72. The van der Waals surface area contributed by atoms with Crippen molar-refractivity contribution in [2.45, 2.75) is 13.0 Å². The highest BCUT2D eigenvalue weighted by molar-refractivity contribution is 5.59. The van der Waals surface area contributed by atoms with Crippen LogP contribution in [-0.2, 0) is 14.3 Å². The first kappa shape index (κ1) is 11.6. The first-order valence-electron chi connectivity index (χ1n) is 5.58. The topological polar surface area (TPSA) is 51.2 Å². The number of likely N-dealkylation sites (N-methyl/N-ethyl adjacent to an activating group) is 1. The molecule has 2 heterocycles. The molecule has 0 radical (unpaired) electrons. The van der Waals surface area contributed by atoms with Gasteiger partial charge >= 0.3 is 6.16 Å². The number of hydrogen-bond acceptors (Lipinski definition) is 6. The third kappa shape index (κ3) is 2.45. The molecule has 0 bridgehead atoms. The van der Waals surface area contributed by atoms with Crippen molar-refractivity contribution in [3.63, 3.8) is 0 Å². The second-order valence-corrected chi connectivity index (χ2v) is 4.21. The molecule has 2 aliphatic heterocycles. The van der Waals surface area contributed by atoms with Crippen LogP contribution >= 0.6 is 0 Å². The van der Waals surface area contributed by atoms with E-state index >= 15 is 0 Å². The van der Waals surface area contributed by atoms with Crippen molar-refractivity contribution in [1.29, 1.82) is 0 Å². The van der Waals surface area contributed by atoms with Crippen molar-refractivity contribution in [2.75, 3.05) is 40.1 Å². The van der Waals surface area contributed by atoms with Gasteiger partial charge in [-0.2, -0.15) is 0 Å². The summed E-state index contributed by atoms with van der Waals surface area (Å²) in [5.74, 6) is 0.410. The lowest BCUT2D eigenvalue weighted by molar-refractivity contribution is -0.115. The maximum atomic E-state index is 11.2. The molecule has 2 rings (SSSR count). The maximum absolute atomic E-state index is 11.2. The third-order valence-corrected chi connectivity index (χ3v) is 3.03. The van der Waals surface area contributed by atoms with E-state index in [2.05, 4.69) is 4.90 Å². The quantitative estimate of drug-likeness (QED) is 0.636. The lowest BCUT2D eigenvalue weighted by Crippen LogP contribution is -2.45. The summed E-state index contributed by atoms with van der Waals surface area (Å²) in [6.45, 7) is 4.92. The number of rotatable bonds is 2. The lowest BCUT2D eigenvalue weighted by atomic mass is 10.0. The largest absolute Gasteiger partial charge is 0.527 e. The molecular formula is C10H18N2O4. The molecule has 92 valence electrons. The smallest absolute Gasteiger partial charge is 0.433 e. The first-order chi connectivity index (χ1) is 7.70. The van der Waals surface area contributed by atoms with Crippen molar-refractivity contribution in [1.82, 2.24) is 9.96 Å². The van der Waals surface area contributed by atoms with Crippen LogP contribution in [0.2, 0.25) is 0 Å². The molecule has 0 aromatic heterocycles. The first-order valence-corrected chi connectivity index (χ1v) is 5.58. The Balaban J connectivity index is 1.84.